The van der Waals surface area contributed by atoms with Crippen LogP contribution in [0.15, 0.2) is 30.9 Å². The number of anilines is 1. The highest BCUT2D eigenvalue weighted by atomic mass is 19.1. The SMILES string of the molecule is C=CCN(CCOC)C(=O)Nc1ccc(C(=O)O)c(F)c1. The van der Waals surface area contributed by atoms with Crippen molar-refractivity contribution >= 4 is 17.7 Å². The zero-order valence-electron chi connectivity index (χ0n) is 11.6. The Hall–Kier alpha value is -2.41. The van der Waals surface area contributed by atoms with Gasteiger partial charge in [0.15, 0.2) is 0 Å². The lowest BCUT2D eigenvalue weighted by Crippen LogP contribution is -2.37. The number of carboxylic acid groups (broad SMARTS) is 1. The van der Waals surface area contributed by atoms with E-state index in [0.717, 1.165) is 12.1 Å². The summed E-state index contributed by atoms with van der Waals surface area (Å²) in [7, 11) is 1.52. The van der Waals surface area contributed by atoms with Crippen molar-refractivity contribution in [2.45, 2.75) is 0 Å². The third kappa shape index (κ3) is 4.88. The van der Waals surface area contributed by atoms with Crippen molar-refractivity contribution in [3.63, 3.8) is 0 Å². The van der Waals surface area contributed by atoms with Crippen molar-refractivity contribution < 1.29 is 23.8 Å². The summed E-state index contributed by atoms with van der Waals surface area (Å²) in [6, 6.07) is 2.94. The lowest BCUT2D eigenvalue weighted by atomic mass is 10.2. The number of hydrogen-bond donors (Lipinski definition) is 2. The van der Waals surface area contributed by atoms with Crippen LogP contribution in [0.3, 0.4) is 0 Å². The fourth-order valence-corrected chi connectivity index (χ4v) is 1.60. The molecule has 0 saturated heterocycles. The van der Waals surface area contributed by atoms with Crippen LogP contribution in [-0.2, 0) is 4.74 Å². The number of hydrogen-bond acceptors (Lipinski definition) is 3. The molecule has 0 heterocycles. The van der Waals surface area contributed by atoms with Crippen LogP contribution in [0.25, 0.3) is 0 Å². The Morgan fingerprint density at radius 3 is 2.76 bits per heavy atom. The Morgan fingerprint density at radius 2 is 2.24 bits per heavy atom. The van der Waals surface area contributed by atoms with Crippen LogP contribution >= 0.6 is 0 Å². The van der Waals surface area contributed by atoms with Crippen LogP contribution < -0.4 is 5.32 Å². The Labute approximate surface area is 121 Å². The normalized spacial score (nSPS) is 10.0. The van der Waals surface area contributed by atoms with Gasteiger partial charge in [0, 0.05) is 25.9 Å². The number of nitrogens with one attached hydrogen (secondary N) is 1. The Morgan fingerprint density at radius 1 is 1.52 bits per heavy atom. The third-order valence-corrected chi connectivity index (χ3v) is 2.65. The number of urea groups is 1. The second-order valence-electron chi connectivity index (χ2n) is 4.16. The van der Waals surface area contributed by atoms with E-state index in [1.807, 2.05) is 0 Å². The van der Waals surface area contributed by atoms with Crippen molar-refractivity contribution in [2.24, 2.45) is 0 Å². The van der Waals surface area contributed by atoms with Crippen molar-refractivity contribution in [1.29, 1.82) is 0 Å². The summed E-state index contributed by atoms with van der Waals surface area (Å²) in [4.78, 5) is 24.1. The highest BCUT2D eigenvalue weighted by Crippen LogP contribution is 2.15. The minimum Gasteiger partial charge on any atom is -0.478 e. The number of methoxy groups -OCH3 is 1. The maximum atomic E-state index is 13.5. The Bertz CT molecular complexity index is 534. The van der Waals surface area contributed by atoms with Crippen LogP contribution in [0.5, 0.6) is 0 Å². The molecule has 1 aromatic rings. The van der Waals surface area contributed by atoms with Gasteiger partial charge in [0.25, 0.3) is 0 Å². The fourth-order valence-electron chi connectivity index (χ4n) is 1.60. The van der Waals surface area contributed by atoms with E-state index < -0.39 is 23.4 Å². The minimum atomic E-state index is -1.36. The average Bonchev–Trinajstić information content (AvgIpc) is 2.43. The second-order valence-corrected chi connectivity index (χ2v) is 4.16. The van der Waals surface area contributed by atoms with Gasteiger partial charge in [0.05, 0.1) is 12.2 Å². The quantitative estimate of drug-likeness (QED) is 0.756. The maximum absolute atomic E-state index is 13.5. The largest absolute Gasteiger partial charge is 0.478 e. The van der Waals surface area contributed by atoms with E-state index in [2.05, 4.69) is 11.9 Å². The lowest BCUT2D eigenvalue weighted by Gasteiger charge is -2.21. The van der Waals surface area contributed by atoms with Crippen molar-refractivity contribution in [2.75, 3.05) is 32.1 Å². The van der Waals surface area contributed by atoms with Gasteiger partial charge in [-0.25, -0.2) is 14.0 Å². The average molecular weight is 296 g/mol. The zero-order chi connectivity index (χ0) is 15.8. The van der Waals surface area contributed by atoms with E-state index in [1.54, 1.807) is 6.08 Å². The number of carbonyl (C=O) groups is 2. The summed E-state index contributed by atoms with van der Waals surface area (Å²) in [5.41, 5.74) is -0.274. The van der Waals surface area contributed by atoms with Crippen LogP contribution in [0, 0.1) is 5.82 Å². The molecule has 21 heavy (non-hydrogen) atoms. The van der Waals surface area contributed by atoms with E-state index in [1.165, 1.54) is 18.1 Å². The van der Waals surface area contributed by atoms with Gasteiger partial charge in [-0.2, -0.15) is 0 Å². The van der Waals surface area contributed by atoms with Gasteiger partial charge >= 0.3 is 12.0 Å². The van der Waals surface area contributed by atoms with Crippen molar-refractivity contribution in [3.05, 3.63) is 42.2 Å². The molecule has 0 aliphatic carbocycles. The first kappa shape index (κ1) is 16.6. The molecular formula is C14H17FN2O4. The summed E-state index contributed by atoms with van der Waals surface area (Å²) in [6.45, 7) is 4.57. The molecule has 0 radical (unpaired) electrons. The monoisotopic (exact) mass is 296 g/mol. The summed E-state index contributed by atoms with van der Waals surface area (Å²) in [5, 5.41) is 11.2. The van der Waals surface area contributed by atoms with Gasteiger partial charge in [-0.1, -0.05) is 6.08 Å². The minimum absolute atomic E-state index is 0.175. The number of nitrogens with zero attached hydrogens (tertiary/aromatic N) is 1. The molecule has 0 aromatic heterocycles. The van der Waals surface area contributed by atoms with Gasteiger partial charge < -0.3 is 20.1 Å². The predicted octanol–water partition coefficient (Wildman–Crippen LogP) is 2.19. The van der Waals surface area contributed by atoms with Crippen LogP contribution in [0.4, 0.5) is 14.9 Å². The number of rotatable bonds is 7. The number of carboxylic acids is 1. The van der Waals surface area contributed by atoms with E-state index >= 15 is 0 Å². The van der Waals surface area contributed by atoms with Crippen molar-refractivity contribution in [1.82, 2.24) is 4.90 Å². The molecular weight excluding hydrogens is 279 g/mol. The second kappa shape index (κ2) is 8.01. The van der Waals surface area contributed by atoms with Gasteiger partial charge in [-0.05, 0) is 18.2 Å². The molecule has 1 rings (SSSR count). The maximum Gasteiger partial charge on any atom is 0.338 e. The molecule has 0 aliphatic heterocycles. The first-order valence-electron chi connectivity index (χ1n) is 6.18. The topological polar surface area (TPSA) is 78.9 Å². The summed E-state index contributed by atoms with van der Waals surface area (Å²) in [5.74, 6) is -2.27. The summed E-state index contributed by atoms with van der Waals surface area (Å²) < 4.78 is 18.4. The highest BCUT2D eigenvalue weighted by Gasteiger charge is 2.14. The third-order valence-electron chi connectivity index (χ3n) is 2.65. The van der Waals surface area contributed by atoms with Gasteiger partial charge in [0.1, 0.15) is 5.82 Å². The van der Waals surface area contributed by atoms with E-state index in [0.29, 0.717) is 19.7 Å². The molecule has 0 atom stereocenters. The Kier molecular flexibility index (Phi) is 6.35. The number of halogens is 1. The number of ether oxygens (including phenoxy) is 1. The molecule has 1 aromatic carbocycles. The molecule has 0 fully saturated rings. The van der Waals surface area contributed by atoms with Crippen LogP contribution in [0.2, 0.25) is 0 Å². The molecule has 7 heteroatoms. The number of amides is 2. The Balaban J connectivity index is 2.78. The fraction of sp³-hybridized carbons (Fsp3) is 0.286. The number of carbonyl (C=O) groups excluding carboxylic acids is 1. The molecule has 2 amide bonds. The molecule has 0 aliphatic rings. The smallest absolute Gasteiger partial charge is 0.338 e. The highest BCUT2D eigenvalue weighted by molar-refractivity contribution is 5.91. The summed E-state index contributed by atoms with van der Waals surface area (Å²) in [6.07, 6.45) is 1.56. The van der Waals surface area contributed by atoms with Gasteiger partial charge in [0.2, 0.25) is 0 Å². The van der Waals surface area contributed by atoms with Crippen LogP contribution in [0.1, 0.15) is 10.4 Å². The van der Waals surface area contributed by atoms with Crippen LogP contribution in [-0.4, -0.2) is 48.8 Å². The van der Waals surface area contributed by atoms with E-state index in [4.69, 9.17) is 9.84 Å². The van der Waals surface area contributed by atoms with Gasteiger partial charge in [-0.3, -0.25) is 0 Å². The number of aromatic carboxylic acids is 1. The first-order chi connectivity index (χ1) is 9.99. The molecule has 0 saturated carbocycles. The lowest BCUT2D eigenvalue weighted by molar-refractivity contribution is 0.0692. The zero-order valence-corrected chi connectivity index (χ0v) is 11.6. The molecule has 0 bridgehead atoms. The standard InChI is InChI=1S/C14H17FN2O4/c1-3-6-17(7-8-21-2)14(20)16-10-4-5-11(13(18)19)12(15)9-10/h3-5,9H,1,6-8H2,2H3,(H,16,20)(H,18,19). The first-order valence-corrected chi connectivity index (χ1v) is 6.18. The number of benzene rings is 1. The molecule has 0 spiro atoms. The molecule has 6 nitrogen and oxygen atoms in total. The molecule has 0 unspecified atom stereocenters. The molecule has 114 valence electrons. The predicted molar refractivity (Wildman–Crippen MR) is 76.0 cm³/mol. The van der Waals surface area contributed by atoms with Gasteiger partial charge in [-0.15, -0.1) is 6.58 Å². The van der Waals surface area contributed by atoms with E-state index in [9.17, 15) is 14.0 Å². The summed E-state index contributed by atoms with van der Waals surface area (Å²) >= 11 is 0. The van der Waals surface area contributed by atoms with Crippen molar-refractivity contribution in [3.8, 4) is 0 Å². The molecule has 2 N–H and O–H groups in total. The van der Waals surface area contributed by atoms with E-state index in [-0.39, 0.29) is 5.69 Å².